The Morgan fingerprint density at radius 3 is 2.07 bits per heavy atom. The second-order valence-electron chi connectivity index (χ2n) is 3.60. The van der Waals surface area contributed by atoms with E-state index in [9.17, 15) is 13.2 Å². The normalized spacial score (nSPS) is 12.1. The lowest BCUT2D eigenvalue weighted by Gasteiger charge is -2.08. The molecule has 1 rings (SSSR count). The number of halogens is 3. The number of hydrogen-bond donors (Lipinski definition) is 0. The second kappa shape index (κ2) is 4.92. The van der Waals surface area contributed by atoms with Gasteiger partial charge in [0.15, 0.2) is 0 Å². The molecular formula is C11H13F3S. The van der Waals surface area contributed by atoms with Crippen molar-refractivity contribution >= 4 is 11.8 Å². The van der Waals surface area contributed by atoms with Crippen molar-refractivity contribution in [2.75, 3.05) is 0 Å². The van der Waals surface area contributed by atoms with Crippen LogP contribution in [0, 0.1) is 0 Å². The van der Waals surface area contributed by atoms with Gasteiger partial charge in [0.25, 0.3) is 0 Å². The van der Waals surface area contributed by atoms with E-state index in [1.165, 1.54) is 12.1 Å². The predicted molar refractivity (Wildman–Crippen MR) is 57.2 cm³/mol. The zero-order chi connectivity index (χ0) is 11.5. The van der Waals surface area contributed by atoms with Gasteiger partial charge >= 0.3 is 6.18 Å². The summed E-state index contributed by atoms with van der Waals surface area (Å²) in [5.74, 6) is 0. The minimum absolute atomic E-state index is 0.315. The molecule has 0 aromatic heterocycles. The molecule has 0 saturated carbocycles. The molecule has 0 radical (unpaired) electrons. The van der Waals surface area contributed by atoms with Crippen LogP contribution in [0.25, 0.3) is 0 Å². The van der Waals surface area contributed by atoms with Crippen molar-refractivity contribution in [1.82, 2.24) is 0 Å². The van der Waals surface area contributed by atoms with Crippen molar-refractivity contribution in [1.29, 1.82) is 0 Å². The fraction of sp³-hybridized carbons (Fsp3) is 0.455. The fourth-order valence-electron chi connectivity index (χ4n) is 1.19. The minimum Gasteiger partial charge on any atom is -0.171 e. The van der Waals surface area contributed by atoms with Crippen LogP contribution >= 0.6 is 11.8 Å². The van der Waals surface area contributed by atoms with E-state index in [0.29, 0.717) is 10.8 Å². The Morgan fingerprint density at radius 2 is 1.67 bits per heavy atom. The van der Waals surface area contributed by atoms with Crippen LogP contribution in [-0.2, 0) is 6.42 Å². The number of rotatable bonds is 3. The molecule has 0 fully saturated rings. The maximum absolute atomic E-state index is 12.0. The average Bonchev–Trinajstić information content (AvgIpc) is 2.05. The fourth-order valence-corrected chi connectivity index (χ4v) is 2.03. The van der Waals surface area contributed by atoms with Gasteiger partial charge in [0.05, 0.1) is 6.42 Å². The average molecular weight is 234 g/mol. The molecule has 0 heterocycles. The van der Waals surface area contributed by atoms with Crippen molar-refractivity contribution in [3.05, 3.63) is 29.8 Å². The quantitative estimate of drug-likeness (QED) is 0.703. The van der Waals surface area contributed by atoms with Gasteiger partial charge < -0.3 is 0 Å². The number of benzene rings is 1. The topological polar surface area (TPSA) is 0 Å². The van der Waals surface area contributed by atoms with Gasteiger partial charge in [-0.15, -0.1) is 11.8 Å². The van der Waals surface area contributed by atoms with E-state index in [1.807, 2.05) is 13.8 Å². The van der Waals surface area contributed by atoms with Gasteiger partial charge in [0, 0.05) is 10.1 Å². The van der Waals surface area contributed by atoms with E-state index in [4.69, 9.17) is 0 Å². The Morgan fingerprint density at radius 1 is 1.13 bits per heavy atom. The summed E-state index contributed by atoms with van der Waals surface area (Å²) in [6.45, 7) is 4.10. The molecule has 84 valence electrons. The van der Waals surface area contributed by atoms with Crippen molar-refractivity contribution in [3.8, 4) is 0 Å². The van der Waals surface area contributed by atoms with Crippen LogP contribution in [0.3, 0.4) is 0 Å². The predicted octanol–water partition coefficient (Wildman–Crippen LogP) is 4.29. The molecule has 0 amide bonds. The van der Waals surface area contributed by atoms with E-state index in [1.54, 1.807) is 23.9 Å². The maximum Gasteiger partial charge on any atom is 0.393 e. The zero-order valence-corrected chi connectivity index (χ0v) is 9.45. The lowest BCUT2D eigenvalue weighted by molar-refractivity contribution is -0.127. The van der Waals surface area contributed by atoms with Crippen molar-refractivity contribution in [3.63, 3.8) is 0 Å². The van der Waals surface area contributed by atoms with Crippen LogP contribution in [0.4, 0.5) is 13.2 Å². The summed E-state index contributed by atoms with van der Waals surface area (Å²) in [6, 6.07) is 6.56. The lowest BCUT2D eigenvalue weighted by Crippen LogP contribution is -2.11. The Labute approximate surface area is 91.9 Å². The Hall–Kier alpha value is -0.640. The molecule has 1 aromatic rings. The summed E-state index contributed by atoms with van der Waals surface area (Å²) >= 11 is 1.64. The van der Waals surface area contributed by atoms with Gasteiger partial charge in [-0.25, -0.2) is 0 Å². The Kier molecular flexibility index (Phi) is 4.08. The molecule has 0 aliphatic heterocycles. The van der Waals surface area contributed by atoms with Crippen LogP contribution in [0.5, 0.6) is 0 Å². The van der Waals surface area contributed by atoms with Gasteiger partial charge in [0.2, 0.25) is 0 Å². The molecule has 4 heteroatoms. The summed E-state index contributed by atoms with van der Waals surface area (Å²) in [7, 11) is 0. The molecule has 0 unspecified atom stereocenters. The van der Waals surface area contributed by atoms with Crippen molar-refractivity contribution < 1.29 is 13.2 Å². The summed E-state index contributed by atoms with van der Waals surface area (Å²) in [4.78, 5) is 1.01. The Balaban J connectivity index is 2.64. The molecule has 1 aromatic carbocycles. The monoisotopic (exact) mass is 234 g/mol. The van der Waals surface area contributed by atoms with Gasteiger partial charge in [0.1, 0.15) is 0 Å². The van der Waals surface area contributed by atoms with E-state index in [0.717, 1.165) is 4.90 Å². The van der Waals surface area contributed by atoms with Crippen LogP contribution in [-0.4, -0.2) is 11.4 Å². The van der Waals surface area contributed by atoms with Crippen molar-refractivity contribution in [2.45, 2.75) is 36.6 Å². The smallest absolute Gasteiger partial charge is 0.171 e. The van der Waals surface area contributed by atoms with Gasteiger partial charge in [-0.05, 0) is 17.7 Å². The summed E-state index contributed by atoms with van der Waals surface area (Å²) in [6.07, 6.45) is -4.97. The van der Waals surface area contributed by atoms with Crippen LogP contribution in [0.1, 0.15) is 19.4 Å². The molecular weight excluding hydrogens is 221 g/mol. The number of thioether (sulfide) groups is 1. The van der Waals surface area contributed by atoms with E-state index in [2.05, 4.69) is 0 Å². The van der Waals surface area contributed by atoms with Gasteiger partial charge in [-0.2, -0.15) is 13.2 Å². The molecule has 0 saturated heterocycles. The van der Waals surface area contributed by atoms with E-state index >= 15 is 0 Å². The first-order valence-corrected chi connectivity index (χ1v) is 5.57. The molecule has 0 N–H and O–H groups in total. The molecule has 0 atom stereocenters. The standard InChI is InChI=1S/C11H13F3S/c1-8(2)15-10-5-3-9(4-6-10)7-11(12,13)14/h3-6,8H,7H2,1-2H3. The molecule has 0 aliphatic rings. The number of alkyl halides is 3. The molecule has 0 nitrogen and oxygen atoms in total. The molecule has 0 spiro atoms. The van der Waals surface area contributed by atoms with Crippen LogP contribution < -0.4 is 0 Å². The van der Waals surface area contributed by atoms with Crippen LogP contribution in [0.15, 0.2) is 29.2 Å². The van der Waals surface area contributed by atoms with Crippen LogP contribution in [0.2, 0.25) is 0 Å². The maximum atomic E-state index is 12.0. The van der Waals surface area contributed by atoms with Gasteiger partial charge in [-0.3, -0.25) is 0 Å². The highest BCUT2D eigenvalue weighted by Crippen LogP contribution is 2.25. The largest absolute Gasteiger partial charge is 0.393 e. The highest BCUT2D eigenvalue weighted by molar-refractivity contribution is 7.99. The lowest BCUT2D eigenvalue weighted by atomic mass is 10.1. The zero-order valence-electron chi connectivity index (χ0n) is 8.64. The third-order valence-electron chi connectivity index (χ3n) is 1.70. The van der Waals surface area contributed by atoms with Gasteiger partial charge in [-0.1, -0.05) is 26.0 Å². The minimum atomic E-state index is -4.12. The van der Waals surface area contributed by atoms with Crippen molar-refractivity contribution in [2.24, 2.45) is 0 Å². The van der Waals surface area contributed by atoms with E-state index in [-0.39, 0.29) is 0 Å². The number of hydrogen-bond acceptors (Lipinski definition) is 1. The second-order valence-corrected chi connectivity index (χ2v) is 5.25. The highest BCUT2D eigenvalue weighted by atomic mass is 32.2. The third-order valence-corrected chi connectivity index (χ3v) is 2.72. The summed E-state index contributed by atoms with van der Waals surface area (Å²) in [5.41, 5.74) is 0.315. The summed E-state index contributed by atoms with van der Waals surface area (Å²) in [5, 5.41) is 0.443. The molecule has 15 heavy (non-hydrogen) atoms. The third kappa shape index (κ3) is 5.11. The molecule has 0 aliphatic carbocycles. The molecule has 0 bridgehead atoms. The first-order chi connectivity index (χ1) is 6.87. The SMILES string of the molecule is CC(C)Sc1ccc(CC(F)(F)F)cc1. The van der Waals surface area contributed by atoms with E-state index < -0.39 is 12.6 Å². The Bertz CT molecular complexity index is 301. The first-order valence-electron chi connectivity index (χ1n) is 4.69. The summed E-state index contributed by atoms with van der Waals surface area (Å²) < 4.78 is 36.1. The highest BCUT2D eigenvalue weighted by Gasteiger charge is 2.27. The first kappa shape index (κ1) is 12.4.